The molecule has 2 rings (SSSR count). The molecule has 0 heterocycles. The van der Waals surface area contributed by atoms with Crippen LogP contribution in [0.5, 0.6) is 11.5 Å². The Balaban J connectivity index is 2.23. The summed E-state index contributed by atoms with van der Waals surface area (Å²) in [5.74, 6) is 2.25. The molecule has 0 aromatic heterocycles. The zero-order valence-corrected chi connectivity index (χ0v) is 18.8. The molecule has 2 nitrogen and oxygen atoms in total. The number of phenolic OH excluding ortho intramolecular Hbond substituents is 2. The second kappa shape index (κ2) is 7.79. The Morgan fingerprint density at radius 1 is 0.667 bits per heavy atom. The quantitative estimate of drug-likeness (QED) is 0.611. The van der Waals surface area contributed by atoms with Crippen LogP contribution in [0.2, 0.25) is 0 Å². The third kappa shape index (κ3) is 5.22. The van der Waals surface area contributed by atoms with Gasteiger partial charge in [-0.3, -0.25) is 0 Å². The van der Waals surface area contributed by atoms with Crippen LogP contribution in [0.15, 0.2) is 24.3 Å². The molecule has 0 unspecified atom stereocenters. The van der Waals surface area contributed by atoms with Crippen LogP contribution in [0.4, 0.5) is 0 Å². The topological polar surface area (TPSA) is 40.5 Å². The van der Waals surface area contributed by atoms with Gasteiger partial charge in [0.15, 0.2) is 0 Å². The Bertz CT molecular complexity index is 754. The summed E-state index contributed by atoms with van der Waals surface area (Å²) in [6.45, 7) is 16.9. The average Bonchev–Trinajstić information content (AvgIpc) is 2.51. The number of hydrogen-bond acceptors (Lipinski definition) is 3. The van der Waals surface area contributed by atoms with Crippen LogP contribution >= 0.6 is 11.8 Å². The van der Waals surface area contributed by atoms with Gasteiger partial charge < -0.3 is 10.2 Å². The maximum absolute atomic E-state index is 10.7. The number of hydrogen-bond donors (Lipinski definition) is 2. The van der Waals surface area contributed by atoms with Gasteiger partial charge in [-0.05, 0) is 35.8 Å². The number of phenols is 2. The highest BCUT2D eigenvalue weighted by Gasteiger charge is 2.22. The first-order valence-electron chi connectivity index (χ1n) is 9.54. The van der Waals surface area contributed by atoms with Crippen molar-refractivity contribution in [3.8, 4) is 11.5 Å². The Kier molecular flexibility index (Phi) is 6.26. The monoisotopic (exact) mass is 386 g/mol. The smallest absolute Gasteiger partial charge is 0.123 e. The van der Waals surface area contributed by atoms with Crippen molar-refractivity contribution in [1.29, 1.82) is 0 Å². The van der Waals surface area contributed by atoms with Gasteiger partial charge in [-0.15, -0.1) is 0 Å². The molecule has 0 saturated heterocycles. The first kappa shape index (κ1) is 21.7. The third-order valence-corrected chi connectivity index (χ3v) is 5.83. The van der Waals surface area contributed by atoms with Gasteiger partial charge >= 0.3 is 0 Å². The summed E-state index contributed by atoms with van der Waals surface area (Å²) < 4.78 is 0. The second-order valence-corrected chi connectivity index (χ2v) is 10.6. The number of rotatable bonds is 4. The maximum Gasteiger partial charge on any atom is 0.123 e. The van der Waals surface area contributed by atoms with E-state index >= 15 is 0 Å². The highest BCUT2D eigenvalue weighted by molar-refractivity contribution is 7.97. The van der Waals surface area contributed by atoms with Crippen molar-refractivity contribution in [3.05, 3.63) is 57.6 Å². The normalized spacial score (nSPS) is 12.4. The summed E-state index contributed by atoms with van der Waals surface area (Å²) in [5.41, 5.74) is 6.07. The SMILES string of the molecule is Cc1cc(CSCc2cc(C)cc(C(C)(C)C)c2O)c(O)c(C(C)(C)C)c1. The number of aryl methyl sites for hydroxylation is 2. The van der Waals surface area contributed by atoms with Crippen LogP contribution in [0.3, 0.4) is 0 Å². The standard InChI is InChI=1S/C24H34O2S/c1-15-9-17(21(25)19(11-15)23(3,4)5)13-27-14-18-10-16(2)12-20(22(18)26)24(6,7)8/h9-12,25-26H,13-14H2,1-8H3. The van der Waals surface area contributed by atoms with E-state index in [0.29, 0.717) is 11.5 Å². The maximum atomic E-state index is 10.7. The van der Waals surface area contributed by atoms with Crippen molar-refractivity contribution in [1.82, 2.24) is 0 Å². The van der Waals surface area contributed by atoms with E-state index in [2.05, 4.69) is 79.7 Å². The first-order valence-corrected chi connectivity index (χ1v) is 10.7. The molecule has 0 fully saturated rings. The Morgan fingerprint density at radius 2 is 1.00 bits per heavy atom. The second-order valence-electron chi connectivity index (χ2n) is 9.63. The number of aromatic hydroxyl groups is 2. The summed E-state index contributed by atoms with van der Waals surface area (Å²) >= 11 is 1.72. The van der Waals surface area contributed by atoms with Crippen molar-refractivity contribution >= 4 is 11.8 Å². The van der Waals surface area contributed by atoms with E-state index in [1.165, 1.54) is 11.1 Å². The lowest BCUT2D eigenvalue weighted by atomic mass is 9.84. The molecule has 0 amide bonds. The summed E-state index contributed by atoms with van der Waals surface area (Å²) in [6.07, 6.45) is 0. The van der Waals surface area contributed by atoms with Crippen molar-refractivity contribution in [2.24, 2.45) is 0 Å². The largest absolute Gasteiger partial charge is 0.507 e. The summed E-state index contributed by atoms with van der Waals surface area (Å²) in [7, 11) is 0. The van der Waals surface area contributed by atoms with Crippen molar-refractivity contribution in [2.75, 3.05) is 0 Å². The molecule has 0 radical (unpaired) electrons. The summed E-state index contributed by atoms with van der Waals surface area (Å²) in [6, 6.07) is 8.28. The lowest BCUT2D eigenvalue weighted by Gasteiger charge is -2.23. The predicted molar refractivity (Wildman–Crippen MR) is 118 cm³/mol. The van der Waals surface area contributed by atoms with Gasteiger partial charge in [-0.1, -0.05) is 76.9 Å². The van der Waals surface area contributed by atoms with E-state index in [0.717, 1.165) is 33.8 Å². The van der Waals surface area contributed by atoms with Crippen LogP contribution in [-0.2, 0) is 22.3 Å². The fraction of sp³-hybridized carbons (Fsp3) is 0.500. The Labute approximate surface area is 169 Å². The first-order chi connectivity index (χ1) is 12.3. The lowest BCUT2D eigenvalue weighted by Crippen LogP contribution is -2.12. The zero-order chi connectivity index (χ0) is 20.6. The van der Waals surface area contributed by atoms with Gasteiger partial charge in [0.1, 0.15) is 11.5 Å². The molecule has 0 aliphatic heterocycles. The molecule has 0 atom stereocenters. The molecule has 2 N–H and O–H groups in total. The van der Waals surface area contributed by atoms with Crippen LogP contribution in [-0.4, -0.2) is 10.2 Å². The summed E-state index contributed by atoms with van der Waals surface area (Å²) in [5, 5.41) is 21.5. The Morgan fingerprint density at radius 3 is 1.30 bits per heavy atom. The summed E-state index contributed by atoms with van der Waals surface area (Å²) in [4.78, 5) is 0. The molecule has 0 spiro atoms. The van der Waals surface area contributed by atoms with Crippen LogP contribution in [0, 0.1) is 13.8 Å². The fourth-order valence-electron chi connectivity index (χ4n) is 3.34. The molecular weight excluding hydrogens is 352 g/mol. The number of benzene rings is 2. The zero-order valence-electron chi connectivity index (χ0n) is 18.0. The van der Waals surface area contributed by atoms with Crippen LogP contribution in [0.25, 0.3) is 0 Å². The minimum Gasteiger partial charge on any atom is -0.507 e. The predicted octanol–water partition coefficient (Wildman–Crippen LogP) is 6.74. The molecule has 148 valence electrons. The van der Waals surface area contributed by atoms with Gasteiger partial charge in [-0.2, -0.15) is 11.8 Å². The van der Waals surface area contributed by atoms with Gasteiger partial charge in [0.2, 0.25) is 0 Å². The van der Waals surface area contributed by atoms with Gasteiger partial charge in [0.25, 0.3) is 0 Å². The minimum absolute atomic E-state index is 0.0913. The minimum atomic E-state index is -0.0913. The van der Waals surface area contributed by atoms with Crippen molar-refractivity contribution in [2.45, 2.75) is 77.7 Å². The molecule has 27 heavy (non-hydrogen) atoms. The van der Waals surface area contributed by atoms with Crippen molar-refractivity contribution < 1.29 is 10.2 Å². The lowest BCUT2D eigenvalue weighted by molar-refractivity contribution is 0.442. The van der Waals surface area contributed by atoms with Gasteiger partial charge in [0, 0.05) is 22.6 Å². The van der Waals surface area contributed by atoms with E-state index in [1.54, 1.807) is 11.8 Å². The highest BCUT2D eigenvalue weighted by Crippen LogP contribution is 2.39. The molecule has 0 aliphatic rings. The van der Waals surface area contributed by atoms with E-state index < -0.39 is 0 Å². The molecule has 2 aromatic rings. The molecule has 0 aliphatic carbocycles. The van der Waals surface area contributed by atoms with E-state index in [9.17, 15) is 10.2 Å². The average molecular weight is 387 g/mol. The van der Waals surface area contributed by atoms with E-state index in [-0.39, 0.29) is 10.8 Å². The fourth-order valence-corrected chi connectivity index (χ4v) is 4.32. The molecule has 0 bridgehead atoms. The Hall–Kier alpha value is -1.61. The number of thioether (sulfide) groups is 1. The van der Waals surface area contributed by atoms with Crippen LogP contribution < -0.4 is 0 Å². The molecule has 0 saturated carbocycles. The van der Waals surface area contributed by atoms with Gasteiger partial charge in [0.05, 0.1) is 0 Å². The molecule has 3 heteroatoms. The van der Waals surface area contributed by atoms with Crippen LogP contribution in [0.1, 0.15) is 74.9 Å². The van der Waals surface area contributed by atoms with Gasteiger partial charge in [-0.25, -0.2) is 0 Å². The van der Waals surface area contributed by atoms with E-state index in [4.69, 9.17) is 0 Å². The highest BCUT2D eigenvalue weighted by atomic mass is 32.2. The van der Waals surface area contributed by atoms with E-state index in [1.807, 2.05) is 0 Å². The molecule has 2 aromatic carbocycles. The third-order valence-electron chi connectivity index (χ3n) is 4.80. The molecular formula is C24H34O2S. The van der Waals surface area contributed by atoms with Crippen molar-refractivity contribution in [3.63, 3.8) is 0 Å².